The molecule has 0 saturated heterocycles. The Morgan fingerprint density at radius 1 is 1.22 bits per heavy atom. The number of aromatic hydroxyl groups is 2. The molecule has 7 heteroatoms. The van der Waals surface area contributed by atoms with E-state index in [9.17, 15) is 24.9 Å². The number of allylic oxidation sites excluding steroid dienone is 2. The largest absolute Gasteiger partial charge is 0.504 e. The van der Waals surface area contributed by atoms with Gasteiger partial charge in [-0.2, -0.15) is 0 Å². The van der Waals surface area contributed by atoms with Crippen molar-refractivity contribution in [1.29, 1.82) is 0 Å². The number of fused-ring (bicyclic) bond motifs is 1. The number of carbonyl (C=O) groups is 2. The van der Waals surface area contributed by atoms with Crippen molar-refractivity contribution in [1.82, 2.24) is 0 Å². The average Bonchev–Trinajstić information content (AvgIpc) is 2.51. The standard InChI is InChI=1S/C16H14O7/c17-10-4-1-8-7(3-6-12(19)20)9-2-5-11(18)14(22)16(9)23-15(8)13(10)21/h1-2,4-5,7,13,18,21-22H,3,6H2,(H,19,20). The lowest BCUT2D eigenvalue weighted by molar-refractivity contribution is -0.137. The Morgan fingerprint density at radius 3 is 2.65 bits per heavy atom. The van der Waals surface area contributed by atoms with Crippen LogP contribution in [-0.4, -0.2) is 38.3 Å². The van der Waals surface area contributed by atoms with Gasteiger partial charge in [0.2, 0.25) is 5.75 Å². The van der Waals surface area contributed by atoms with E-state index in [4.69, 9.17) is 9.84 Å². The van der Waals surface area contributed by atoms with Gasteiger partial charge >= 0.3 is 5.97 Å². The van der Waals surface area contributed by atoms with E-state index in [1.807, 2.05) is 0 Å². The molecule has 0 saturated carbocycles. The fraction of sp³-hybridized carbons (Fsp3) is 0.250. The minimum absolute atomic E-state index is 0.0405. The van der Waals surface area contributed by atoms with Gasteiger partial charge in [-0.05, 0) is 18.6 Å². The van der Waals surface area contributed by atoms with Crippen LogP contribution in [0.3, 0.4) is 0 Å². The Balaban J connectivity index is 2.12. The summed E-state index contributed by atoms with van der Waals surface area (Å²) in [6.07, 6.45) is 1.24. The van der Waals surface area contributed by atoms with E-state index in [-0.39, 0.29) is 24.4 Å². The van der Waals surface area contributed by atoms with Crippen LogP contribution in [0.1, 0.15) is 24.3 Å². The van der Waals surface area contributed by atoms with Crippen LogP contribution in [0.25, 0.3) is 0 Å². The lowest BCUT2D eigenvalue weighted by Crippen LogP contribution is -2.32. The highest BCUT2D eigenvalue weighted by atomic mass is 16.5. The number of carbonyl (C=O) groups excluding carboxylic acids is 1. The van der Waals surface area contributed by atoms with E-state index in [2.05, 4.69) is 0 Å². The summed E-state index contributed by atoms with van der Waals surface area (Å²) in [6, 6.07) is 2.81. The third-order valence-corrected chi connectivity index (χ3v) is 3.98. The first-order valence-corrected chi connectivity index (χ1v) is 6.98. The van der Waals surface area contributed by atoms with Crippen molar-refractivity contribution in [3.63, 3.8) is 0 Å². The molecule has 0 aromatic heterocycles. The van der Waals surface area contributed by atoms with Gasteiger partial charge in [-0.3, -0.25) is 9.59 Å². The number of aliphatic carboxylic acids is 1. The number of aliphatic hydroxyl groups is 1. The number of aliphatic hydroxyl groups excluding tert-OH is 1. The highest BCUT2D eigenvalue weighted by molar-refractivity contribution is 5.97. The van der Waals surface area contributed by atoms with Crippen LogP contribution in [0.15, 0.2) is 35.6 Å². The van der Waals surface area contributed by atoms with Crippen molar-refractivity contribution >= 4 is 11.8 Å². The van der Waals surface area contributed by atoms with Crippen molar-refractivity contribution in [3.05, 3.63) is 41.2 Å². The zero-order valence-electron chi connectivity index (χ0n) is 11.9. The maximum atomic E-state index is 11.6. The maximum Gasteiger partial charge on any atom is 0.303 e. The average molecular weight is 318 g/mol. The second-order valence-electron chi connectivity index (χ2n) is 5.40. The van der Waals surface area contributed by atoms with E-state index in [0.29, 0.717) is 11.1 Å². The number of ether oxygens (including phenoxy) is 1. The van der Waals surface area contributed by atoms with Gasteiger partial charge < -0.3 is 25.2 Å². The summed E-state index contributed by atoms with van der Waals surface area (Å²) in [5, 5.41) is 38.5. The SMILES string of the molecule is O=C(O)CCC1C2=C(Oc3c1ccc(O)c3O)C(O)C(=O)C=C2. The van der Waals surface area contributed by atoms with Crippen LogP contribution in [0, 0.1) is 0 Å². The molecule has 0 amide bonds. The molecule has 2 unspecified atom stereocenters. The first-order chi connectivity index (χ1) is 10.9. The first kappa shape index (κ1) is 15.1. The molecule has 2 aliphatic rings. The molecule has 1 aromatic carbocycles. The predicted molar refractivity (Wildman–Crippen MR) is 77.2 cm³/mol. The number of hydrogen-bond donors (Lipinski definition) is 4. The Morgan fingerprint density at radius 2 is 1.96 bits per heavy atom. The third kappa shape index (κ3) is 2.44. The van der Waals surface area contributed by atoms with Crippen LogP contribution in [0.2, 0.25) is 0 Å². The monoisotopic (exact) mass is 318 g/mol. The molecule has 1 heterocycles. The Labute approximate surface area is 130 Å². The summed E-state index contributed by atoms with van der Waals surface area (Å²) in [5.74, 6) is -3.05. The van der Waals surface area contributed by atoms with Gasteiger partial charge in [-0.1, -0.05) is 12.1 Å². The van der Waals surface area contributed by atoms with Crippen molar-refractivity contribution in [3.8, 4) is 17.2 Å². The highest BCUT2D eigenvalue weighted by Gasteiger charge is 2.37. The van der Waals surface area contributed by atoms with Gasteiger partial charge in [0.05, 0.1) is 0 Å². The number of hydrogen-bond acceptors (Lipinski definition) is 6. The Kier molecular flexibility index (Phi) is 3.57. The highest BCUT2D eigenvalue weighted by Crippen LogP contribution is 2.50. The number of phenolic OH excluding ortho intramolecular Hbond substituents is 2. The van der Waals surface area contributed by atoms with E-state index >= 15 is 0 Å². The van der Waals surface area contributed by atoms with Crippen molar-refractivity contribution in [2.45, 2.75) is 24.9 Å². The smallest absolute Gasteiger partial charge is 0.303 e. The van der Waals surface area contributed by atoms with E-state index < -0.39 is 35.3 Å². The van der Waals surface area contributed by atoms with Crippen LogP contribution < -0.4 is 4.74 Å². The normalized spacial score (nSPS) is 22.4. The topological polar surface area (TPSA) is 124 Å². The molecule has 23 heavy (non-hydrogen) atoms. The fourth-order valence-electron chi connectivity index (χ4n) is 2.85. The number of phenols is 2. The minimum Gasteiger partial charge on any atom is -0.504 e. The third-order valence-electron chi connectivity index (χ3n) is 3.98. The summed E-state index contributed by atoms with van der Waals surface area (Å²) >= 11 is 0. The zero-order chi connectivity index (χ0) is 16.7. The molecule has 0 spiro atoms. The molecule has 120 valence electrons. The second kappa shape index (κ2) is 5.44. The molecule has 2 atom stereocenters. The van der Waals surface area contributed by atoms with E-state index in [1.165, 1.54) is 24.3 Å². The minimum atomic E-state index is -1.52. The molecular formula is C16H14O7. The number of benzene rings is 1. The molecule has 1 aliphatic heterocycles. The summed E-state index contributed by atoms with van der Waals surface area (Å²) in [4.78, 5) is 22.5. The summed E-state index contributed by atoms with van der Waals surface area (Å²) in [6.45, 7) is 0. The lowest BCUT2D eigenvalue weighted by Gasteiger charge is -2.32. The van der Waals surface area contributed by atoms with E-state index in [1.54, 1.807) is 0 Å². The molecule has 3 rings (SSSR count). The predicted octanol–water partition coefficient (Wildman–Crippen LogP) is 1.19. The molecule has 0 radical (unpaired) electrons. The van der Waals surface area contributed by atoms with Crippen LogP contribution in [0.4, 0.5) is 0 Å². The van der Waals surface area contributed by atoms with Crippen molar-refractivity contribution < 1.29 is 34.8 Å². The van der Waals surface area contributed by atoms with Crippen LogP contribution >= 0.6 is 0 Å². The maximum absolute atomic E-state index is 11.6. The lowest BCUT2D eigenvalue weighted by atomic mass is 9.81. The van der Waals surface area contributed by atoms with Gasteiger partial charge in [-0.25, -0.2) is 0 Å². The molecule has 4 N–H and O–H groups in total. The van der Waals surface area contributed by atoms with E-state index in [0.717, 1.165) is 0 Å². The Bertz CT molecular complexity index is 760. The van der Waals surface area contributed by atoms with Crippen molar-refractivity contribution in [2.24, 2.45) is 0 Å². The summed E-state index contributed by atoms with van der Waals surface area (Å²) < 4.78 is 5.47. The Hall–Kier alpha value is -2.80. The molecule has 1 aromatic rings. The summed E-state index contributed by atoms with van der Waals surface area (Å²) in [7, 11) is 0. The molecular weight excluding hydrogens is 304 g/mol. The quantitative estimate of drug-likeness (QED) is 0.617. The summed E-state index contributed by atoms with van der Waals surface area (Å²) in [5.41, 5.74) is 0.988. The van der Waals surface area contributed by atoms with Gasteiger partial charge in [0.25, 0.3) is 0 Å². The number of ketones is 1. The van der Waals surface area contributed by atoms with Crippen molar-refractivity contribution in [2.75, 3.05) is 0 Å². The van der Waals surface area contributed by atoms with Crippen LogP contribution in [-0.2, 0) is 9.59 Å². The number of carboxylic acid groups (broad SMARTS) is 1. The first-order valence-electron chi connectivity index (χ1n) is 6.98. The second-order valence-corrected chi connectivity index (χ2v) is 5.40. The molecule has 0 fully saturated rings. The van der Waals surface area contributed by atoms with Gasteiger partial charge in [0.1, 0.15) is 5.76 Å². The molecule has 7 nitrogen and oxygen atoms in total. The number of rotatable bonds is 3. The van der Waals surface area contributed by atoms with Gasteiger partial charge in [0.15, 0.2) is 23.4 Å². The van der Waals surface area contributed by atoms with Gasteiger partial charge in [-0.15, -0.1) is 0 Å². The zero-order valence-corrected chi connectivity index (χ0v) is 11.9. The molecule has 0 bridgehead atoms. The molecule has 1 aliphatic carbocycles. The number of carboxylic acids is 1. The fourth-order valence-corrected chi connectivity index (χ4v) is 2.85. The van der Waals surface area contributed by atoms with Gasteiger partial charge in [0, 0.05) is 23.5 Å². The van der Waals surface area contributed by atoms with Crippen LogP contribution in [0.5, 0.6) is 17.2 Å².